The number of quaternary nitrogens is 1. The molecule has 474 valence electrons. The lowest BCUT2D eigenvalue weighted by atomic mass is 10.0. The molecule has 8 nitrogen and oxygen atoms in total. The Bertz CT molecular complexity index is 1700. The minimum Gasteiger partial charge on any atom is -0.387 e. The monoisotopic (exact) mass is 1160 g/mol. The van der Waals surface area contributed by atoms with E-state index in [1.165, 1.54) is 193 Å². The first-order valence-corrected chi connectivity index (χ1v) is 35.8. The Morgan fingerprint density at radius 2 is 0.744 bits per heavy atom. The maximum absolute atomic E-state index is 13.0. The number of nitrogens with one attached hydrogen (secondary N) is 1. The fraction of sp³-hybridized carbons (Fsp3) is 0.740. The van der Waals surface area contributed by atoms with E-state index in [-0.39, 0.29) is 19.1 Å². The molecule has 0 saturated carbocycles. The van der Waals surface area contributed by atoms with Gasteiger partial charge >= 0.3 is 7.82 Å². The molecular formula is C73H132N2O6P+. The summed E-state index contributed by atoms with van der Waals surface area (Å²) in [6.07, 6.45) is 92.3. The zero-order valence-electron chi connectivity index (χ0n) is 54.2. The number of likely N-dealkylation sites (N-methyl/N-ethyl adjacent to an activating group) is 1. The van der Waals surface area contributed by atoms with Gasteiger partial charge in [-0.25, -0.2) is 4.57 Å². The van der Waals surface area contributed by atoms with E-state index in [2.05, 4.69) is 116 Å². The fourth-order valence-electron chi connectivity index (χ4n) is 9.67. The molecule has 1 amide bonds. The number of nitrogens with zero attached hydrogens (tertiary/aromatic N) is 1. The van der Waals surface area contributed by atoms with Gasteiger partial charge in [-0.1, -0.05) is 303 Å². The van der Waals surface area contributed by atoms with E-state index < -0.39 is 20.0 Å². The Morgan fingerprint density at radius 1 is 0.427 bits per heavy atom. The first-order chi connectivity index (χ1) is 40.0. The number of phosphoric acid groups is 1. The smallest absolute Gasteiger partial charge is 0.387 e. The van der Waals surface area contributed by atoms with Crippen LogP contribution < -0.4 is 5.32 Å². The van der Waals surface area contributed by atoms with E-state index in [0.717, 1.165) is 83.5 Å². The Balaban J connectivity index is 4.10. The highest BCUT2D eigenvalue weighted by molar-refractivity contribution is 7.47. The van der Waals surface area contributed by atoms with Crippen molar-refractivity contribution in [3.05, 3.63) is 109 Å². The number of unbranched alkanes of at least 4 members (excludes halogenated alkanes) is 33. The van der Waals surface area contributed by atoms with Crippen molar-refractivity contribution in [3.8, 4) is 0 Å². The maximum Gasteiger partial charge on any atom is 0.472 e. The minimum absolute atomic E-state index is 0.0507. The van der Waals surface area contributed by atoms with Crippen LogP contribution in [0.1, 0.15) is 296 Å². The molecule has 0 heterocycles. The van der Waals surface area contributed by atoms with Crippen LogP contribution in [0.5, 0.6) is 0 Å². The van der Waals surface area contributed by atoms with Crippen LogP contribution in [0.4, 0.5) is 0 Å². The summed E-state index contributed by atoms with van der Waals surface area (Å²) in [5.74, 6) is -0.190. The first kappa shape index (κ1) is 79.2. The van der Waals surface area contributed by atoms with Crippen LogP contribution in [-0.2, 0) is 18.4 Å². The van der Waals surface area contributed by atoms with Crippen LogP contribution in [0.25, 0.3) is 0 Å². The van der Waals surface area contributed by atoms with Crippen LogP contribution in [0, 0.1) is 0 Å². The fourth-order valence-corrected chi connectivity index (χ4v) is 10.4. The van der Waals surface area contributed by atoms with Gasteiger partial charge in [0.2, 0.25) is 5.91 Å². The number of amides is 1. The first-order valence-electron chi connectivity index (χ1n) is 34.3. The molecule has 0 radical (unpaired) electrons. The summed E-state index contributed by atoms with van der Waals surface area (Å²) < 4.78 is 23.8. The molecule has 0 aliphatic carbocycles. The predicted octanol–water partition coefficient (Wildman–Crippen LogP) is 21.9. The summed E-state index contributed by atoms with van der Waals surface area (Å²) in [5.41, 5.74) is 0. The van der Waals surface area contributed by atoms with Gasteiger partial charge in [-0.2, -0.15) is 0 Å². The molecule has 3 unspecified atom stereocenters. The third-order valence-corrected chi connectivity index (χ3v) is 15.9. The molecular weight excluding hydrogens is 1030 g/mol. The van der Waals surface area contributed by atoms with E-state index in [9.17, 15) is 19.4 Å². The Kier molecular flexibility index (Phi) is 60.5. The normalized spacial score (nSPS) is 14.4. The van der Waals surface area contributed by atoms with Crippen LogP contribution in [0.15, 0.2) is 109 Å². The molecule has 0 fully saturated rings. The van der Waals surface area contributed by atoms with Crippen molar-refractivity contribution in [1.82, 2.24) is 5.32 Å². The molecule has 0 aliphatic heterocycles. The Morgan fingerprint density at radius 3 is 1.12 bits per heavy atom. The van der Waals surface area contributed by atoms with Gasteiger partial charge in [0.1, 0.15) is 13.2 Å². The molecule has 0 aromatic heterocycles. The number of allylic oxidation sites excluding steroid dienone is 17. The van der Waals surface area contributed by atoms with Gasteiger partial charge in [0.25, 0.3) is 0 Å². The maximum atomic E-state index is 13.0. The number of aliphatic hydroxyl groups is 1. The molecule has 0 aromatic rings. The van der Waals surface area contributed by atoms with Crippen molar-refractivity contribution in [3.63, 3.8) is 0 Å². The van der Waals surface area contributed by atoms with Crippen molar-refractivity contribution in [2.45, 2.75) is 309 Å². The van der Waals surface area contributed by atoms with Gasteiger partial charge in [-0.15, -0.1) is 0 Å². The number of hydrogen-bond acceptors (Lipinski definition) is 5. The second-order valence-corrected chi connectivity index (χ2v) is 25.6. The number of rotatable bonds is 62. The highest BCUT2D eigenvalue weighted by Gasteiger charge is 2.28. The standard InChI is InChI=1S/C73H131N2O6P/c1-6-8-10-12-14-16-18-20-22-24-26-28-30-31-32-33-34-35-36-37-38-39-40-41-42-43-45-47-49-51-53-55-57-59-61-63-65-67-73(77)74-71(70-81-82(78,79)80-69-68-75(3,4)5)72(76)66-64-62-60-58-56-54-52-50-48-46-44-29-27-25-23-21-19-17-15-13-11-9-7-2/h8,10,14,16,20,22,26,28,31-32,34-35,48,50,56,58,64,66,71-72,76H,6-7,9,11-13,15,17-19,21,23-25,27,29-30,33,36-47,49,51-55,57,59-63,65,67-70H2,1-5H3,(H-,74,77,78,79)/p+1/b10-8-,16-14-,22-20-,28-26-,32-31-,35-34-,50-48+,58-56+,66-64+. The lowest BCUT2D eigenvalue weighted by Gasteiger charge is -2.25. The van der Waals surface area contributed by atoms with E-state index in [0.29, 0.717) is 17.4 Å². The van der Waals surface area contributed by atoms with E-state index in [1.54, 1.807) is 6.08 Å². The second-order valence-electron chi connectivity index (χ2n) is 24.2. The van der Waals surface area contributed by atoms with Gasteiger partial charge in [0, 0.05) is 6.42 Å². The number of hydrogen-bond donors (Lipinski definition) is 3. The molecule has 0 spiro atoms. The number of carbonyl (C=O) groups excluding carboxylic acids is 1. The van der Waals surface area contributed by atoms with Crippen LogP contribution in [0.3, 0.4) is 0 Å². The SMILES string of the molecule is CC/C=C\C/C=C\C/C=C\C/C=C\C/C=C\C/C=C\CCCCCCCCCCCCCCCCCCCCC(=O)NC(COP(=O)(O)OCC[N+](C)(C)C)C(O)/C=C/CC/C=C/CC/C=C/CCCCCCCCCCCCCCC. The predicted molar refractivity (Wildman–Crippen MR) is 359 cm³/mol. The van der Waals surface area contributed by atoms with E-state index >= 15 is 0 Å². The minimum atomic E-state index is -4.37. The third kappa shape index (κ3) is 64.7. The number of carbonyl (C=O) groups is 1. The molecule has 3 N–H and O–H groups in total. The Hall–Kier alpha value is -2.84. The summed E-state index contributed by atoms with van der Waals surface area (Å²) in [4.78, 5) is 23.4. The van der Waals surface area contributed by atoms with Gasteiger partial charge in [-0.05, 0) is 96.3 Å². The van der Waals surface area contributed by atoms with Crippen molar-refractivity contribution < 1.29 is 32.9 Å². The zero-order chi connectivity index (χ0) is 59.8. The molecule has 0 rings (SSSR count). The van der Waals surface area contributed by atoms with E-state index in [1.807, 2.05) is 27.2 Å². The van der Waals surface area contributed by atoms with Gasteiger partial charge in [0.15, 0.2) is 0 Å². The van der Waals surface area contributed by atoms with Crippen molar-refractivity contribution in [2.24, 2.45) is 0 Å². The zero-order valence-corrected chi connectivity index (χ0v) is 55.1. The van der Waals surface area contributed by atoms with Crippen LogP contribution in [-0.4, -0.2) is 73.4 Å². The van der Waals surface area contributed by atoms with Gasteiger partial charge in [0.05, 0.1) is 39.9 Å². The lowest BCUT2D eigenvalue weighted by molar-refractivity contribution is -0.870. The Labute approximate surface area is 508 Å². The molecule has 0 bridgehead atoms. The van der Waals surface area contributed by atoms with E-state index in [4.69, 9.17) is 9.05 Å². The van der Waals surface area contributed by atoms with Gasteiger partial charge < -0.3 is 19.8 Å². The second kappa shape index (κ2) is 62.7. The molecule has 3 atom stereocenters. The highest BCUT2D eigenvalue weighted by Crippen LogP contribution is 2.43. The number of phosphoric ester groups is 1. The summed E-state index contributed by atoms with van der Waals surface area (Å²) in [6.45, 7) is 4.69. The average Bonchev–Trinajstić information content (AvgIpc) is 3.47. The molecule has 0 aliphatic rings. The molecule has 0 saturated heterocycles. The van der Waals surface area contributed by atoms with Crippen LogP contribution in [0.2, 0.25) is 0 Å². The van der Waals surface area contributed by atoms with Crippen LogP contribution >= 0.6 is 7.82 Å². The molecule has 9 heteroatoms. The van der Waals surface area contributed by atoms with Crippen molar-refractivity contribution >= 4 is 13.7 Å². The summed E-state index contributed by atoms with van der Waals surface area (Å²) in [7, 11) is 1.55. The topological polar surface area (TPSA) is 105 Å². The lowest BCUT2D eigenvalue weighted by Crippen LogP contribution is -2.45. The summed E-state index contributed by atoms with van der Waals surface area (Å²) >= 11 is 0. The number of aliphatic hydroxyl groups excluding tert-OH is 1. The summed E-state index contributed by atoms with van der Waals surface area (Å²) in [6, 6.07) is -0.876. The molecule has 0 aromatic carbocycles. The summed E-state index contributed by atoms with van der Waals surface area (Å²) in [5, 5.41) is 14.0. The van der Waals surface area contributed by atoms with Crippen molar-refractivity contribution in [2.75, 3.05) is 40.9 Å². The van der Waals surface area contributed by atoms with Gasteiger partial charge in [-0.3, -0.25) is 13.8 Å². The quantitative estimate of drug-likeness (QED) is 0.0243. The molecule has 82 heavy (non-hydrogen) atoms. The third-order valence-electron chi connectivity index (χ3n) is 15.0. The largest absolute Gasteiger partial charge is 0.472 e. The van der Waals surface area contributed by atoms with Crippen molar-refractivity contribution in [1.29, 1.82) is 0 Å². The average molecular weight is 1160 g/mol. The highest BCUT2D eigenvalue weighted by atomic mass is 31.2.